The average molecular weight is 290 g/mol. The zero-order valence-electron chi connectivity index (χ0n) is 11.6. The van der Waals surface area contributed by atoms with Gasteiger partial charge in [0.25, 0.3) is 0 Å². The van der Waals surface area contributed by atoms with Crippen LogP contribution in [0.2, 0.25) is 0 Å². The summed E-state index contributed by atoms with van der Waals surface area (Å²) < 4.78 is 5.19. The Morgan fingerprint density at radius 2 is 2.05 bits per heavy atom. The first-order valence-corrected chi connectivity index (χ1v) is 7.23. The number of carbonyl (C=O) groups is 1. The standard InChI is InChI=1S/C15H18N2O2S/c1-11(18)17-14-7-8-20-15(14)9-16-13-6-4-3-5-12(13)10-19-2/h3-8,16H,9-10H2,1-2H3,(H,17,18). The van der Waals surface area contributed by atoms with E-state index >= 15 is 0 Å². The van der Waals surface area contributed by atoms with Gasteiger partial charge in [-0.15, -0.1) is 11.3 Å². The summed E-state index contributed by atoms with van der Waals surface area (Å²) in [6, 6.07) is 9.97. The van der Waals surface area contributed by atoms with E-state index < -0.39 is 0 Å². The minimum atomic E-state index is -0.0515. The van der Waals surface area contributed by atoms with Crippen LogP contribution in [0.5, 0.6) is 0 Å². The van der Waals surface area contributed by atoms with Gasteiger partial charge >= 0.3 is 0 Å². The molecule has 2 rings (SSSR count). The van der Waals surface area contributed by atoms with Crippen LogP contribution >= 0.6 is 11.3 Å². The number of thiophene rings is 1. The smallest absolute Gasteiger partial charge is 0.221 e. The van der Waals surface area contributed by atoms with Gasteiger partial charge in [0.05, 0.1) is 18.8 Å². The molecule has 106 valence electrons. The van der Waals surface area contributed by atoms with Gasteiger partial charge in [0.1, 0.15) is 0 Å². The van der Waals surface area contributed by atoms with E-state index in [-0.39, 0.29) is 5.91 Å². The van der Waals surface area contributed by atoms with E-state index in [1.165, 1.54) is 6.92 Å². The van der Waals surface area contributed by atoms with Gasteiger partial charge in [0.15, 0.2) is 0 Å². The molecule has 0 bridgehead atoms. The fraction of sp³-hybridized carbons (Fsp3) is 0.267. The summed E-state index contributed by atoms with van der Waals surface area (Å²) in [6.45, 7) is 2.77. The van der Waals surface area contributed by atoms with Gasteiger partial charge in [-0.2, -0.15) is 0 Å². The number of carbonyl (C=O) groups excluding carboxylic acids is 1. The van der Waals surface area contributed by atoms with Crippen molar-refractivity contribution in [3.63, 3.8) is 0 Å². The maximum absolute atomic E-state index is 11.1. The topological polar surface area (TPSA) is 50.4 Å². The van der Waals surface area contributed by atoms with Crippen molar-refractivity contribution in [1.82, 2.24) is 0 Å². The Morgan fingerprint density at radius 1 is 1.25 bits per heavy atom. The van der Waals surface area contributed by atoms with Crippen molar-refractivity contribution in [3.8, 4) is 0 Å². The first-order valence-electron chi connectivity index (χ1n) is 6.35. The molecule has 5 heteroatoms. The van der Waals surface area contributed by atoms with E-state index in [0.717, 1.165) is 21.8 Å². The fourth-order valence-electron chi connectivity index (χ4n) is 1.93. The van der Waals surface area contributed by atoms with Crippen molar-refractivity contribution >= 4 is 28.6 Å². The molecular formula is C15H18N2O2S. The first kappa shape index (κ1) is 14.6. The number of ether oxygens (including phenoxy) is 1. The number of benzene rings is 1. The number of hydrogen-bond acceptors (Lipinski definition) is 4. The largest absolute Gasteiger partial charge is 0.380 e. The lowest BCUT2D eigenvalue weighted by atomic mass is 10.2. The normalized spacial score (nSPS) is 10.3. The Hall–Kier alpha value is -1.85. The van der Waals surface area contributed by atoms with Crippen molar-refractivity contribution in [2.45, 2.75) is 20.1 Å². The second kappa shape index (κ2) is 7.07. The van der Waals surface area contributed by atoms with Crippen LogP contribution in [0.4, 0.5) is 11.4 Å². The van der Waals surface area contributed by atoms with E-state index in [0.29, 0.717) is 13.2 Å². The van der Waals surface area contributed by atoms with E-state index in [2.05, 4.69) is 10.6 Å². The molecule has 1 aromatic carbocycles. The number of para-hydroxylation sites is 1. The summed E-state index contributed by atoms with van der Waals surface area (Å²) in [5.41, 5.74) is 3.04. The molecule has 0 radical (unpaired) electrons. The fourth-order valence-corrected chi connectivity index (χ4v) is 2.70. The van der Waals surface area contributed by atoms with Crippen molar-refractivity contribution in [2.75, 3.05) is 17.7 Å². The van der Waals surface area contributed by atoms with Crippen LogP contribution in [-0.2, 0) is 22.7 Å². The van der Waals surface area contributed by atoms with Gasteiger partial charge in [-0.3, -0.25) is 4.79 Å². The van der Waals surface area contributed by atoms with Gasteiger partial charge in [0, 0.05) is 30.2 Å². The monoisotopic (exact) mass is 290 g/mol. The Kier molecular flexibility index (Phi) is 5.15. The molecule has 4 nitrogen and oxygen atoms in total. The highest BCUT2D eigenvalue weighted by Crippen LogP contribution is 2.24. The lowest BCUT2D eigenvalue weighted by molar-refractivity contribution is -0.114. The van der Waals surface area contributed by atoms with E-state index in [1.807, 2.05) is 35.7 Å². The van der Waals surface area contributed by atoms with Crippen LogP contribution in [0, 0.1) is 0 Å². The number of methoxy groups -OCH3 is 1. The molecule has 0 aliphatic rings. The maximum Gasteiger partial charge on any atom is 0.221 e. The van der Waals surface area contributed by atoms with Crippen LogP contribution < -0.4 is 10.6 Å². The van der Waals surface area contributed by atoms with Gasteiger partial charge in [0.2, 0.25) is 5.91 Å². The van der Waals surface area contributed by atoms with Crippen LogP contribution in [-0.4, -0.2) is 13.0 Å². The minimum absolute atomic E-state index is 0.0515. The van der Waals surface area contributed by atoms with Crippen LogP contribution in [0.3, 0.4) is 0 Å². The third-order valence-corrected chi connectivity index (χ3v) is 3.73. The van der Waals surface area contributed by atoms with Crippen molar-refractivity contribution < 1.29 is 9.53 Å². The zero-order chi connectivity index (χ0) is 14.4. The highest BCUT2D eigenvalue weighted by Gasteiger charge is 2.07. The number of anilines is 2. The van der Waals surface area contributed by atoms with Crippen LogP contribution in [0.15, 0.2) is 35.7 Å². The van der Waals surface area contributed by atoms with Crippen LogP contribution in [0.1, 0.15) is 17.4 Å². The Bertz CT molecular complexity index is 581. The van der Waals surface area contributed by atoms with Gasteiger partial charge in [-0.1, -0.05) is 18.2 Å². The highest BCUT2D eigenvalue weighted by molar-refractivity contribution is 7.10. The summed E-state index contributed by atoms with van der Waals surface area (Å²) in [6.07, 6.45) is 0. The summed E-state index contributed by atoms with van der Waals surface area (Å²) in [7, 11) is 1.69. The van der Waals surface area contributed by atoms with Gasteiger partial charge in [-0.05, 0) is 17.5 Å². The lowest BCUT2D eigenvalue weighted by Crippen LogP contribution is -2.08. The van der Waals surface area contributed by atoms with Gasteiger partial charge < -0.3 is 15.4 Å². The third-order valence-electron chi connectivity index (χ3n) is 2.81. The molecule has 1 aromatic heterocycles. The molecule has 0 atom stereocenters. The number of rotatable bonds is 6. The van der Waals surface area contributed by atoms with Crippen molar-refractivity contribution in [3.05, 3.63) is 46.2 Å². The molecule has 0 saturated carbocycles. The van der Waals surface area contributed by atoms with E-state index in [1.54, 1.807) is 18.4 Å². The van der Waals surface area contributed by atoms with Gasteiger partial charge in [-0.25, -0.2) is 0 Å². The quantitative estimate of drug-likeness (QED) is 0.856. The summed E-state index contributed by atoms with van der Waals surface area (Å²) in [4.78, 5) is 12.2. The molecule has 2 aromatic rings. The van der Waals surface area contributed by atoms with Crippen molar-refractivity contribution in [1.29, 1.82) is 0 Å². The number of hydrogen-bond donors (Lipinski definition) is 2. The molecule has 1 heterocycles. The molecule has 0 aliphatic carbocycles. The predicted molar refractivity (Wildman–Crippen MR) is 83.1 cm³/mol. The maximum atomic E-state index is 11.1. The molecule has 2 N–H and O–H groups in total. The Balaban J connectivity index is 2.05. The molecular weight excluding hydrogens is 272 g/mol. The lowest BCUT2D eigenvalue weighted by Gasteiger charge is -2.12. The Labute approximate surface area is 122 Å². The molecule has 20 heavy (non-hydrogen) atoms. The molecule has 0 aliphatic heterocycles. The first-order chi connectivity index (χ1) is 9.70. The molecule has 0 saturated heterocycles. The van der Waals surface area contributed by atoms with Crippen LogP contribution in [0.25, 0.3) is 0 Å². The van der Waals surface area contributed by atoms with Crippen molar-refractivity contribution in [2.24, 2.45) is 0 Å². The molecule has 1 amide bonds. The second-order valence-corrected chi connectivity index (χ2v) is 5.38. The zero-order valence-corrected chi connectivity index (χ0v) is 12.4. The Morgan fingerprint density at radius 3 is 2.80 bits per heavy atom. The molecule has 0 spiro atoms. The predicted octanol–water partition coefficient (Wildman–Crippen LogP) is 3.47. The molecule has 0 unspecified atom stereocenters. The SMILES string of the molecule is COCc1ccccc1NCc1sccc1NC(C)=O. The van der Waals surface area contributed by atoms with E-state index in [4.69, 9.17) is 4.74 Å². The minimum Gasteiger partial charge on any atom is -0.380 e. The summed E-state index contributed by atoms with van der Waals surface area (Å²) in [5.74, 6) is -0.0515. The van der Waals surface area contributed by atoms with E-state index in [9.17, 15) is 4.79 Å². The number of nitrogens with one attached hydrogen (secondary N) is 2. The number of amides is 1. The summed E-state index contributed by atoms with van der Waals surface area (Å²) in [5, 5.41) is 8.20. The molecule has 0 fully saturated rings. The average Bonchev–Trinajstić information content (AvgIpc) is 2.84. The summed E-state index contributed by atoms with van der Waals surface area (Å²) >= 11 is 1.62. The highest BCUT2D eigenvalue weighted by atomic mass is 32.1. The third kappa shape index (κ3) is 3.82. The second-order valence-electron chi connectivity index (χ2n) is 4.38.